The van der Waals surface area contributed by atoms with Crippen LogP contribution in [0.2, 0.25) is 0 Å². The van der Waals surface area contributed by atoms with Gasteiger partial charge in [-0.25, -0.2) is 5.10 Å². The van der Waals surface area contributed by atoms with E-state index in [1.807, 2.05) is 6.92 Å². The number of aromatic nitrogens is 2. The van der Waals surface area contributed by atoms with Gasteiger partial charge >= 0.3 is 5.97 Å². The minimum atomic E-state index is -0.357. The number of carbonyl (C=O) groups is 1. The van der Waals surface area contributed by atoms with Gasteiger partial charge in [0.2, 0.25) is 5.88 Å². The van der Waals surface area contributed by atoms with E-state index in [1.54, 1.807) is 24.3 Å². The lowest BCUT2D eigenvalue weighted by Gasteiger charge is -2.11. The van der Waals surface area contributed by atoms with Crippen LogP contribution in [0.15, 0.2) is 29.1 Å². The van der Waals surface area contributed by atoms with E-state index >= 15 is 0 Å². The lowest BCUT2D eigenvalue weighted by molar-refractivity contribution is -0.138. The zero-order chi connectivity index (χ0) is 13.8. The van der Waals surface area contributed by atoms with Gasteiger partial charge in [-0.3, -0.25) is 9.59 Å². The summed E-state index contributed by atoms with van der Waals surface area (Å²) < 4.78 is 5.28. The molecule has 0 saturated heterocycles. The molecule has 0 amide bonds. The molecular weight excluding hydrogens is 312 g/mol. The average molecular weight is 325 g/mol. The van der Waals surface area contributed by atoms with E-state index in [4.69, 9.17) is 4.74 Å². The predicted molar refractivity (Wildman–Crippen MR) is 75.6 cm³/mol. The Bertz CT molecular complexity index is 650. The highest BCUT2D eigenvalue weighted by molar-refractivity contribution is 9.09. The van der Waals surface area contributed by atoms with Crippen molar-refractivity contribution in [2.24, 2.45) is 5.92 Å². The van der Waals surface area contributed by atoms with Crippen molar-refractivity contribution >= 4 is 32.7 Å². The first kappa shape index (κ1) is 13.7. The molecule has 0 bridgehead atoms. The van der Waals surface area contributed by atoms with E-state index in [0.29, 0.717) is 22.5 Å². The molecule has 0 spiro atoms. The minimum Gasteiger partial charge on any atom is -0.405 e. The van der Waals surface area contributed by atoms with Crippen molar-refractivity contribution in [3.8, 4) is 5.88 Å². The van der Waals surface area contributed by atoms with Crippen molar-refractivity contribution in [3.05, 3.63) is 34.6 Å². The van der Waals surface area contributed by atoms with Gasteiger partial charge in [-0.05, 0) is 18.6 Å². The number of rotatable bonds is 4. The second-order valence-electron chi connectivity index (χ2n) is 4.08. The number of hydrogen-bond donors (Lipinski definition) is 1. The predicted octanol–water partition coefficient (Wildman–Crippen LogP) is 2.25. The molecule has 0 saturated carbocycles. The fourth-order valence-electron chi connectivity index (χ4n) is 1.68. The number of esters is 1. The summed E-state index contributed by atoms with van der Waals surface area (Å²) in [5.41, 5.74) is -0.303. The van der Waals surface area contributed by atoms with Crippen molar-refractivity contribution in [1.29, 1.82) is 0 Å². The topological polar surface area (TPSA) is 72.0 Å². The first-order valence-electron chi connectivity index (χ1n) is 5.92. The van der Waals surface area contributed by atoms with Crippen molar-refractivity contribution in [3.63, 3.8) is 0 Å². The highest BCUT2D eigenvalue weighted by Gasteiger charge is 2.19. The van der Waals surface area contributed by atoms with E-state index in [0.717, 1.165) is 0 Å². The number of ether oxygens (including phenoxy) is 1. The summed E-state index contributed by atoms with van der Waals surface area (Å²) in [6, 6.07) is 6.88. The summed E-state index contributed by atoms with van der Waals surface area (Å²) in [7, 11) is 0. The number of carbonyl (C=O) groups excluding carboxylic acids is 1. The number of hydrogen-bond acceptors (Lipinski definition) is 4. The number of nitrogens with one attached hydrogen (secondary N) is 1. The number of H-pyrrole nitrogens is 1. The number of nitrogens with zero attached hydrogens (tertiary/aromatic N) is 1. The van der Waals surface area contributed by atoms with Crippen LogP contribution in [-0.2, 0) is 4.79 Å². The third-order valence-electron chi connectivity index (χ3n) is 2.87. The van der Waals surface area contributed by atoms with Gasteiger partial charge in [0.05, 0.1) is 16.7 Å². The molecule has 1 aromatic carbocycles. The summed E-state index contributed by atoms with van der Waals surface area (Å²) in [4.78, 5) is 23.5. The molecule has 1 atom stereocenters. The molecule has 19 heavy (non-hydrogen) atoms. The Morgan fingerprint density at radius 1 is 1.42 bits per heavy atom. The number of aromatic amines is 1. The standard InChI is InChI=1S/C13H13BrN2O3/c1-2-8(7-14)13(18)19-12-10-6-4-3-5-9(10)11(17)15-16-12/h3-6,8H,2,7H2,1H3,(H,15,17). The molecule has 2 aromatic rings. The Morgan fingerprint density at radius 2 is 2.11 bits per heavy atom. The van der Waals surface area contributed by atoms with Crippen molar-refractivity contribution in [2.75, 3.05) is 5.33 Å². The number of benzene rings is 1. The first-order chi connectivity index (χ1) is 9.17. The third-order valence-corrected chi connectivity index (χ3v) is 3.65. The van der Waals surface area contributed by atoms with Gasteiger partial charge < -0.3 is 4.74 Å². The Labute approximate surface area is 118 Å². The largest absolute Gasteiger partial charge is 0.405 e. The SMILES string of the molecule is CCC(CBr)C(=O)Oc1n[nH]c(=O)c2ccccc12. The van der Waals surface area contributed by atoms with Crippen LogP contribution in [0.1, 0.15) is 13.3 Å². The van der Waals surface area contributed by atoms with E-state index in [-0.39, 0.29) is 23.3 Å². The van der Waals surface area contributed by atoms with Gasteiger partial charge in [0.25, 0.3) is 5.56 Å². The van der Waals surface area contributed by atoms with Crippen LogP contribution in [0.5, 0.6) is 5.88 Å². The maximum atomic E-state index is 11.9. The number of halogens is 1. The van der Waals surface area contributed by atoms with Gasteiger partial charge in [0.1, 0.15) is 0 Å². The zero-order valence-electron chi connectivity index (χ0n) is 10.4. The molecule has 1 heterocycles. The van der Waals surface area contributed by atoms with Gasteiger partial charge in [-0.2, -0.15) is 0 Å². The van der Waals surface area contributed by atoms with Crippen molar-refractivity contribution in [2.45, 2.75) is 13.3 Å². The Balaban J connectivity index is 2.39. The van der Waals surface area contributed by atoms with Crippen molar-refractivity contribution in [1.82, 2.24) is 10.2 Å². The van der Waals surface area contributed by atoms with Gasteiger partial charge in [-0.15, -0.1) is 5.10 Å². The smallest absolute Gasteiger partial charge is 0.316 e. The molecule has 100 valence electrons. The summed E-state index contributed by atoms with van der Waals surface area (Å²) in [5.74, 6) is -0.448. The normalized spacial score (nSPS) is 12.3. The summed E-state index contributed by atoms with van der Waals surface area (Å²) >= 11 is 3.27. The Hall–Kier alpha value is -1.69. The molecule has 0 fully saturated rings. The lowest BCUT2D eigenvalue weighted by Crippen LogP contribution is -2.22. The maximum Gasteiger partial charge on any atom is 0.316 e. The number of alkyl halides is 1. The fraction of sp³-hybridized carbons (Fsp3) is 0.308. The van der Waals surface area contributed by atoms with Gasteiger partial charge in [0, 0.05) is 5.33 Å². The minimum absolute atomic E-state index is 0.139. The van der Waals surface area contributed by atoms with E-state index in [9.17, 15) is 9.59 Å². The third kappa shape index (κ3) is 2.84. The Morgan fingerprint density at radius 3 is 2.74 bits per heavy atom. The van der Waals surface area contributed by atoms with Crippen LogP contribution >= 0.6 is 15.9 Å². The molecule has 0 aliphatic rings. The van der Waals surface area contributed by atoms with Crippen LogP contribution in [-0.4, -0.2) is 21.5 Å². The van der Waals surface area contributed by atoms with Crippen LogP contribution in [0, 0.1) is 5.92 Å². The maximum absolute atomic E-state index is 11.9. The number of fused-ring (bicyclic) bond motifs is 1. The first-order valence-corrected chi connectivity index (χ1v) is 7.04. The highest BCUT2D eigenvalue weighted by atomic mass is 79.9. The molecule has 1 aromatic heterocycles. The zero-order valence-corrected chi connectivity index (χ0v) is 11.9. The van der Waals surface area contributed by atoms with Crippen LogP contribution in [0.3, 0.4) is 0 Å². The molecule has 1 unspecified atom stereocenters. The highest BCUT2D eigenvalue weighted by Crippen LogP contribution is 2.21. The molecule has 0 aliphatic heterocycles. The van der Waals surface area contributed by atoms with Crippen LogP contribution in [0.4, 0.5) is 0 Å². The summed E-state index contributed by atoms with van der Waals surface area (Å²) in [6.07, 6.45) is 0.672. The van der Waals surface area contributed by atoms with Gasteiger partial charge in [-0.1, -0.05) is 35.0 Å². The van der Waals surface area contributed by atoms with Gasteiger partial charge in [0.15, 0.2) is 0 Å². The lowest BCUT2D eigenvalue weighted by atomic mass is 10.1. The molecule has 0 aliphatic carbocycles. The molecule has 0 radical (unpaired) electrons. The monoisotopic (exact) mass is 324 g/mol. The van der Waals surface area contributed by atoms with Crippen molar-refractivity contribution < 1.29 is 9.53 Å². The van der Waals surface area contributed by atoms with E-state index in [2.05, 4.69) is 26.1 Å². The Kier molecular flexibility index (Phi) is 4.31. The summed E-state index contributed by atoms with van der Waals surface area (Å²) in [6.45, 7) is 1.91. The second-order valence-corrected chi connectivity index (χ2v) is 4.73. The average Bonchev–Trinajstić information content (AvgIpc) is 2.44. The van der Waals surface area contributed by atoms with Crippen LogP contribution in [0.25, 0.3) is 10.8 Å². The molecule has 6 heteroatoms. The molecule has 1 N–H and O–H groups in total. The molecular formula is C13H13BrN2O3. The summed E-state index contributed by atoms with van der Waals surface area (Å²) in [5, 5.41) is 7.64. The molecule has 5 nitrogen and oxygen atoms in total. The van der Waals surface area contributed by atoms with Crippen LogP contribution < -0.4 is 10.3 Å². The molecule has 2 rings (SSSR count). The quantitative estimate of drug-likeness (QED) is 0.691. The van der Waals surface area contributed by atoms with E-state index in [1.165, 1.54) is 0 Å². The van der Waals surface area contributed by atoms with E-state index < -0.39 is 0 Å². The fourth-order valence-corrected chi connectivity index (χ4v) is 2.41. The second kappa shape index (κ2) is 5.97.